The van der Waals surface area contributed by atoms with Gasteiger partial charge in [0.05, 0.1) is 18.5 Å². The number of hydrogen-bond acceptors (Lipinski definition) is 4. The largest absolute Gasteiger partial charge is 0.395 e. The third-order valence-corrected chi connectivity index (χ3v) is 2.82. The molecular weight excluding hydrogens is 240 g/mol. The van der Waals surface area contributed by atoms with Gasteiger partial charge in [0.25, 0.3) is 0 Å². The zero-order chi connectivity index (χ0) is 13.5. The number of imidazole rings is 1. The minimum Gasteiger partial charge on any atom is -0.395 e. The Morgan fingerprint density at radius 1 is 1.42 bits per heavy atom. The van der Waals surface area contributed by atoms with Gasteiger partial charge in [-0.15, -0.1) is 5.10 Å². The topological polar surface area (TPSA) is 62.5 Å². The number of aliphatic hydroxyl groups is 1. The third kappa shape index (κ3) is 3.54. The van der Waals surface area contributed by atoms with E-state index >= 15 is 0 Å². The van der Waals surface area contributed by atoms with Crippen LogP contribution in [-0.4, -0.2) is 32.9 Å². The molecule has 5 heteroatoms. The molecule has 2 aromatic heterocycles. The summed E-state index contributed by atoms with van der Waals surface area (Å²) in [7, 11) is 0. The number of unbranched alkanes of at least 4 members (excludes halogenated alkanes) is 2. The van der Waals surface area contributed by atoms with Crippen molar-refractivity contribution in [2.45, 2.75) is 26.2 Å². The van der Waals surface area contributed by atoms with E-state index in [9.17, 15) is 0 Å². The van der Waals surface area contributed by atoms with Crippen molar-refractivity contribution in [1.82, 2.24) is 14.6 Å². The van der Waals surface area contributed by atoms with Crippen molar-refractivity contribution >= 4 is 17.5 Å². The molecule has 19 heavy (non-hydrogen) atoms. The van der Waals surface area contributed by atoms with Gasteiger partial charge in [0.15, 0.2) is 5.65 Å². The van der Waals surface area contributed by atoms with Crippen molar-refractivity contribution in [2.24, 2.45) is 0 Å². The van der Waals surface area contributed by atoms with Crippen LogP contribution in [0.15, 0.2) is 24.4 Å². The maximum atomic E-state index is 8.80. The highest BCUT2D eigenvalue weighted by Crippen LogP contribution is 2.11. The first-order chi connectivity index (χ1) is 9.35. The first-order valence-electron chi connectivity index (χ1n) is 6.71. The van der Waals surface area contributed by atoms with Crippen LogP contribution < -0.4 is 5.32 Å². The molecule has 0 aliphatic heterocycles. The fourth-order valence-electron chi connectivity index (χ4n) is 1.81. The fourth-order valence-corrected chi connectivity index (χ4v) is 1.81. The summed E-state index contributed by atoms with van der Waals surface area (Å²) >= 11 is 0. The van der Waals surface area contributed by atoms with Crippen LogP contribution in [0.4, 0.5) is 5.82 Å². The molecule has 0 saturated carbocycles. The molecule has 5 nitrogen and oxygen atoms in total. The van der Waals surface area contributed by atoms with Crippen molar-refractivity contribution in [1.29, 1.82) is 0 Å². The van der Waals surface area contributed by atoms with Crippen LogP contribution in [0.2, 0.25) is 0 Å². The first kappa shape index (κ1) is 13.5. The SMILES string of the molecule is CCCCC=Cc1cnc2ccc(NCCO)nn12. The Labute approximate surface area is 113 Å². The van der Waals surface area contributed by atoms with Crippen LogP contribution in [0.1, 0.15) is 31.9 Å². The second-order valence-corrected chi connectivity index (χ2v) is 4.37. The first-order valence-corrected chi connectivity index (χ1v) is 6.71. The van der Waals surface area contributed by atoms with Gasteiger partial charge in [0.1, 0.15) is 5.82 Å². The Kier molecular flexibility index (Phi) is 4.92. The van der Waals surface area contributed by atoms with Crippen LogP contribution in [0.25, 0.3) is 11.7 Å². The van der Waals surface area contributed by atoms with Gasteiger partial charge in [0, 0.05) is 6.54 Å². The summed E-state index contributed by atoms with van der Waals surface area (Å²) in [4.78, 5) is 4.31. The second kappa shape index (κ2) is 6.89. The average molecular weight is 260 g/mol. The maximum Gasteiger partial charge on any atom is 0.154 e. The van der Waals surface area contributed by atoms with Crippen molar-refractivity contribution < 1.29 is 5.11 Å². The average Bonchev–Trinajstić information content (AvgIpc) is 2.84. The molecular formula is C14H20N4O. The number of rotatable bonds is 7. The summed E-state index contributed by atoms with van der Waals surface area (Å²) in [6.07, 6.45) is 9.50. The molecule has 102 valence electrons. The van der Waals surface area contributed by atoms with Gasteiger partial charge in [-0.2, -0.15) is 0 Å². The van der Waals surface area contributed by atoms with Crippen molar-refractivity contribution in [3.05, 3.63) is 30.1 Å². The van der Waals surface area contributed by atoms with Gasteiger partial charge < -0.3 is 10.4 Å². The molecule has 2 rings (SSSR count). The molecule has 0 aliphatic rings. The van der Waals surface area contributed by atoms with Gasteiger partial charge >= 0.3 is 0 Å². The summed E-state index contributed by atoms with van der Waals surface area (Å²) in [6, 6.07) is 3.78. The lowest BCUT2D eigenvalue weighted by atomic mass is 10.2. The molecule has 0 saturated heterocycles. The molecule has 0 unspecified atom stereocenters. The highest BCUT2D eigenvalue weighted by atomic mass is 16.3. The highest BCUT2D eigenvalue weighted by Gasteiger charge is 2.02. The van der Waals surface area contributed by atoms with Crippen LogP contribution in [0, 0.1) is 0 Å². The maximum absolute atomic E-state index is 8.80. The van der Waals surface area contributed by atoms with Gasteiger partial charge in [-0.1, -0.05) is 25.8 Å². The molecule has 2 aromatic rings. The lowest BCUT2D eigenvalue weighted by Crippen LogP contribution is -2.08. The van der Waals surface area contributed by atoms with E-state index in [-0.39, 0.29) is 6.61 Å². The Hall–Kier alpha value is -1.88. The second-order valence-electron chi connectivity index (χ2n) is 4.37. The Morgan fingerprint density at radius 3 is 3.11 bits per heavy atom. The van der Waals surface area contributed by atoms with E-state index in [0.29, 0.717) is 6.54 Å². The smallest absolute Gasteiger partial charge is 0.154 e. The van der Waals surface area contributed by atoms with Gasteiger partial charge in [0.2, 0.25) is 0 Å². The number of hydrogen-bond donors (Lipinski definition) is 2. The fraction of sp³-hybridized carbons (Fsp3) is 0.429. The van der Waals surface area contributed by atoms with E-state index < -0.39 is 0 Å². The van der Waals surface area contributed by atoms with E-state index in [0.717, 1.165) is 23.6 Å². The number of nitrogens with one attached hydrogen (secondary N) is 1. The van der Waals surface area contributed by atoms with Crippen LogP contribution in [0.3, 0.4) is 0 Å². The van der Waals surface area contributed by atoms with E-state index in [1.165, 1.54) is 12.8 Å². The zero-order valence-corrected chi connectivity index (χ0v) is 11.2. The number of nitrogens with zero attached hydrogens (tertiary/aromatic N) is 3. The molecule has 2 heterocycles. The predicted molar refractivity (Wildman–Crippen MR) is 77.1 cm³/mol. The Balaban J connectivity index is 2.17. The number of fused-ring (bicyclic) bond motifs is 1. The zero-order valence-electron chi connectivity index (χ0n) is 11.2. The van der Waals surface area contributed by atoms with Gasteiger partial charge in [-0.05, 0) is 24.6 Å². The third-order valence-electron chi connectivity index (χ3n) is 2.82. The summed E-state index contributed by atoms with van der Waals surface area (Å²) in [5.41, 5.74) is 1.79. The molecule has 0 aliphatic carbocycles. The van der Waals surface area contributed by atoms with Crippen molar-refractivity contribution in [3.8, 4) is 0 Å². The molecule has 0 radical (unpaired) electrons. The normalized spacial score (nSPS) is 11.5. The summed E-state index contributed by atoms with van der Waals surface area (Å²) < 4.78 is 1.81. The quantitative estimate of drug-likeness (QED) is 0.750. The molecule has 0 atom stereocenters. The van der Waals surface area contributed by atoms with E-state index in [2.05, 4.69) is 34.5 Å². The molecule has 2 N–H and O–H groups in total. The molecule has 0 aromatic carbocycles. The molecule has 0 bridgehead atoms. The summed E-state index contributed by atoms with van der Waals surface area (Å²) in [5.74, 6) is 0.739. The number of aromatic nitrogens is 3. The van der Waals surface area contributed by atoms with Crippen LogP contribution in [-0.2, 0) is 0 Å². The van der Waals surface area contributed by atoms with Crippen LogP contribution >= 0.6 is 0 Å². The minimum absolute atomic E-state index is 0.0907. The lowest BCUT2D eigenvalue weighted by Gasteiger charge is -2.04. The minimum atomic E-state index is 0.0907. The number of anilines is 1. The standard InChI is InChI=1S/C14H20N4O/c1-2-3-4-5-6-12-11-16-14-8-7-13(15-9-10-19)17-18(12)14/h5-8,11,19H,2-4,9-10H2,1H3,(H,15,17). The molecule has 0 amide bonds. The monoisotopic (exact) mass is 260 g/mol. The van der Waals surface area contributed by atoms with Crippen molar-refractivity contribution in [2.75, 3.05) is 18.5 Å². The molecule has 0 spiro atoms. The van der Waals surface area contributed by atoms with Crippen LogP contribution in [0.5, 0.6) is 0 Å². The molecule has 0 fully saturated rings. The number of allylic oxidation sites excluding steroid dienone is 1. The van der Waals surface area contributed by atoms with E-state index in [1.54, 1.807) is 0 Å². The van der Waals surface area contributed by atoms with Crippen molar-refractivity contribution in [3.63, 3.8) is 0 Å². The Bertz CT molecular complexity index is 547. The van der Waals surface area contributed by atoms with Gasteiger partial charge in [-0.3, -0.25) is 0 Å². The Morgan fingerprint density at radius 2 is 2.32 bits per heavy atom. The predicted octanol–water partition coefficient (Wildman–Crippen LogP) is 2.34. The van der Waals surface area contributed by atoms with E-state index in [4.69, 9.17) is 5.11 Å². The summed E-state index contributed by atoms with van der Waals surface area (Å²) in [5, 5.41) is 16.3. The van der Waals surface area contributed by atoms with Gasteiger partial charge in [-0.25, -0.2) is 9.50 Å². The highest BCUT2D eigenvalue weighted by molar-refractivity contribution is 5.53. The summed E-state index contributed by atoms with van der Waals surface area (Å²) in [6.45, 7) is 2.77. The van der Waals surface area contributed by atoms with E-state index in [1.807, 2.05) is 22.8 Å². The lowest BCUT2D eigenvalue weighted by molar-refractivity contribution is 0.311. The number of aliphatic hydroxyl groups excluding tert-OH is 1.